The van der Waals surface area contributed by atoms with Gasteiger partial charge in [-0.25, -0.2) is 4.79 Å². The molecule has 2 rings (SSSR count). The van der Waals surface area contributed by atoms with Crippen LogP contribution in [0, 0.1) is 0 Å². The second-order valence-corrected chi connectivity index (χ2v) is 5.16. The van der Waals surface area contributed by atoms with Crippen molar-refractivity contribution in [2.75, 3.05) is 20.3 Å². The van der Waals surface area contributed by atoms with Crippen LogP contribution in [0.3, 0.4) is 0 Å². The fraction of sp³-hybridized carbons (Fsp3) is 0.375. The van der Waals surface area contributed by atoms with E-state index in [1.54, 1.807) is 31.5 Å². The van der Waals surface area contributed by atoms with Crippen molar-refractivity contribution < 1.29 is 14.6 Å². The minimum absolute atomic E-state index is 0.310. The predicted molar refractivity (Wildman–Crippen MR) is 82.6 cm³/mol. The molecule has 0 aliphatic carbocycles. The van der Waals surface area contributed by atoms with Crippen molar-refractivity contribution in [2.45, 2.75) is 13.1 Å². The summed E-state index contributed by atoms with van der Waals surface area (Å²) in [6, 6.07) is 9.01. The smallest absolute Gasteiger partial charge is 0.335 e. The summed E-state index contributed by atoms with van der Waals surface area (Å²) < 4.78 is 7.00. The van der Waals surface area contributed by atoms with E-state index in [-0.39, 0.29) is 0 Å². The van der Waals surface area contributed by atoms with Crippen molar-refractivity contribution in [3.63, 3.8) is 0 Å². The third kappa shape index (κ3) is 4.41. The van der Waals surface area contributed by atoms with Crippen LogP contribution in [0.2, 0.25) is 0 Å². The first-order chi connectivity index (χ1) is 10.6. The first-order valence-corrected chi connectivity index (χ1v) is 7.10. The summed E-state index contributed by atoms with van der Waals surface area (Å²) >= 11 is 0. The SMILES string of the molecule is COCCN(Cc1cccc(C(=O)O)c1)Cc1ccnn1C. The van der Waals surface area contributed by atoms with Gasteiger partial charge in [0.15, 0.2) is 0 Å². The van der Waals surface area contributed by atoms with E-state index in [0.29, 0.717) is 18.7 Å². The van der Waals surface area contributed by atoms with Crippen molar-refractivity contribution in [2.24, 2.45) is 7.05 Å². The summed E-state index contributed by atoms with van der Waals surface area (Å²) in [6.07, 6.45) is 1.77. The molecule has 0 atom stereocenters. The normalized spacial score (nSPS) is 11.0. The minimum Gasteiger partial charge on any atom is -0.478 e. The Morgan fingerprint density at radius 2 is 2.18 bits per heavy atom. The molecule has 1 aromatic heterocycles. The molecule has 0 unspecified atom stereocenters. The molecule has 118 valence electrons. The summed E-state index contributed by atoms with van der Waals surface area (Å²) in [5, 5.41) is 13.3. The molecule has 1 heterocycles. The van der Waals surface area contributed by atoms with Crippen LogP contribution in [0.5, 0.6) is 0 Å². The average Bonchev–Trinajstić information content (AvgIpc) is 2.90. The van der Waals surface area contributed by atoms with E-state index >= 15 is 0 Å². The molecule has 0 aliphatic rings. The molecule has 0 radical (unpaired) electrons. The van der Waals surface area contributed by atoms with Crippen LogP contribution < -0.4 is 0 Å². The van der Waals surface area contributed by atoms with Gasteiger partial charge in [0.05, 0.1) is 17.9 Å². The third-order valence-electron chi connectivity index (χ3n) is 3.50. The van der Waals surface area contributed by atoms with Crippen LogP contribution in [-0.4, -0.2) is 46.0 Å². The molecular weight excluding hydrogens is 282 g/mol. The lowest BCUT2D eigenvalue weighted by Gasteiger charge is -2.22. The molecule has 0 fully saturated rings. The van der Waals surface area contributed by atoms with Crippen LogP contribution >= 0.6 is 0 Å². The zero-order valence-electron chi connectivity index (χ0n) is 12.9. The number of aromatic carboxylic acids is 1. The number of aryl methyl sites for hydroxylation is 1. The summed E-state index contributed by atoms with van der Waals surface area (Å²) in [5.74, 6) is -0.906. The maximum atomic E-state index is 11.1. The summed E-state index contributed by atoms with van der Waals surface area (Å²) in [4.78, 5) is 13.3. The molecule has 0 saturated heterocycles. The highest BCUT2D eigenvalue weighted by molar-refractivity contribution is 5.87. The molecule has 0 aliphatic heterocycles. The first kappa shape index (κ1) is 16.2. The number of carbonyl (C=O) groups is 1. The van der Waals surface area contributed by atoms with Crippen LogP contribution in [0.15, 0.2) is 36.5 Å². The quantitative estimate of drug-likeness (QED) is 0.805. The molecule has 6 nitrogen and oxygen atoms in total. The third-order valence-corrected chi connectivity index (χ3v) is 3.50. The molecule has 2 aromatic rings. The Bertz CT molecular complexity index is 625. The van der Waals surface area contributed by atoms with Gasteiger partial charge in [-0.15, -0.1) is 0 Å². The highest BCUT2D eigenvalue weighted by atomic mass is 16.5. The number of carboxylic acid groups (broad SMARTS) is 1. The van der Waals surface area contributed by atoms with Crippen LogP contribution in [0.1, 0.15) is 21.6 Å². The fourth-order valence-corrected chi connectivity index (χ4v) is 2.28. The molecule has 1 N–H and O–H groups in total. The second-order valence-electron chi connectivity index (χ2n) is 5.16. The van der Waals surface area contributed by atoms with Crippen molar-refractivity contribution in [1.82, 2.24) is 14.7 Å². The van der Waals surface area contributed by atoms with E-state index in [9.17, 15) is 4.79 Å². The molecule has 0 amide bonds. The number of rotatable bonds is 8. The molecule has 0 saturated carbocycles. The van der Waals surface area contributed by atoms with E-state index in [2.05, 4.69) is 10.00 Å². The van der Waals surface area contributed by atoms with E-state index in [0.717, 1.165) is 24.3 Å². The Morgan fingerprint density at radius 3 is 2.82 bits per heavy atom. The van der Waals surface area contributed by atoms with Crippen LogP contribution in [0.25, 0.3) is 0 Å². The van der Waals surface area contributed by atoms with Crippen molar-refractivity contribution in [3.8, 4) is 0 Å². The van der Waals surface area contributed by atoms with Crippen molar-refractivity contribution in [3.05, 3.63) is 53.3 Å². The number of aromatic nitrogens is 2. The highest BCUT2D eigenvalue weighted by Gasteiger charge is 2.11. The number of methoxy groups -OCH3 is 1. The number of carboxylic acids is 1. The number of hydrogen-bond donors (Lipinski definition) is 1. The standard InChI is InChI=1S/C16H21N3O3/c1-18-15(6-7-17-18)12-19(8-9-22-2)11-13-4-3-5-14(10-13)16(20)21/h3-7,10H,8-9,11-12H2,1-2H3,(H,20,21). The molecule has 6 heteroatoms. The highest BCUT2D eigenvalue weighted by Crippen LogP contribution is 2.11. The molecule has 1 aromatic carbocycles. The van der Waals surface area contributed by atoms with E-state index in [1.165, 1.54) is 0 Å². The molecule has 0 bridgehead atoms. The van der Waals surface area contributed by atoms with E-state index in [4.69, 9.17) is 9.84 Å². The molecule has 0 spiro atoms. The second kappa shape index (κ2) is 7.72. The maximum absolute atomic E-state index is 11.1. The Balaban J connectivity index is 2.10. The Morgan fingerprint density at radius 1 is 1.36 bits per heavy atom. The lowest BCUT2D eigenvalue weighted by Crippen LogP contribution is -2.27. The van der Waals surface area contributed by atoms with Gasteiger partial charge in [-0.05, 0) is 23.8 Å². The zero-order valence-corrected chi connectivity index (χ0v) is 12.9. The average molecular weight is 303 g/mol. The van der Waals surface area contributed by atoms with Crippen LogP contribution in [-0.2, 0) is 24.9 Å². The topological polar surface area (TPSA) is 67.6 Å². The zero-order chi connectivity index (χ0) is 15.9. The van der Waals surface area contributed by atoms with Gasteiger partial charge in [-0.1, -0.05) is 12.1 Å². The molecular formula is C16H21N3O3. The van der Waals surface area contributed by atoms with Gasteiger partial charge in [0.25, 0.3) is 0 Å². The van der Waals surface area contributed by atoms with Gasteiger partial charge in [-0.2, -0.15) is 5.10 Å². The number of hydrogen-bond acceptors (Lipinski definition) is 4. The minimum atomic E-state index is -0.906. The van der Waals surface area contributed by atoms with Gasteiger partial charge >= 0.3 is 5.97 Å². The van der Waals surface area contributed by atoms with E-state index < -0.39 is 5.97 Å². The van der Waals surface area contributed by atoms with Gasteiger partial charge in [0.2, 0.25) is 0 Å². The summed E-state index contributed by atoms with van der Waals surface area (Å²) in [6.45, 7) is 2.78. The lowest BCUT2D eigenvalue weighted by molar-refractivity contribution is 0.0696. The number of nitrogens with zero attached hydrogens (tertiary/aromatic N) is 3. The maximum Gasteiger partial charge on any atom is 0.335 e. The van der Waals surface area contributed by atoms with Crippen molar-refractivity contribution in [1.29, 1.82) is 0 Å². The van der Waals surface area contributed by atoms with E-state index in [1.807, 2.05) is 23.9 Å². The number of ether oxygens (including phenoxy) is 1. The van der Waals surface area contributed by atoms with Gasteiger partial charge in [0.1, 0.15) is 0 Å². The van der Waals surface area contributed by atoms with Crippen molar-refractivity contribution >= 4 is 5.97 Å². The first-order valence-electron chi connectivity index (χ1n) is 7.10. The van der Waals surface area contributed by atoms with Gasteiger partial charge in [0, 0.05) is 40.0 Å². The predicted octanol–water partition coefficient (Wildman–Crippen LogP) is 1.77. The fourth-order valence-electron chi connectivity index (χ4n) is 2.28. The number of benzene rings is 1. The lowest BCUT2D eigenvalue weighted by atomic mass is 10.1. The van der Waals surface area contributed by atoms with Gasteiger partial charge < -0.3 is 9.84 Å². The molecule has 22 heavy (non-hydrogen) atoms. The Labute approximate surface area is 129 Å². The summed E-state index contributed by atoms with van der Waals surface area (Å²) in [5.41, 5.74) is 2.38. The van der Waals surface area contributed by atoms with Gasteiger partial charge in [-0.3, -0.25) is 9.58 Å². The Hall–Kier alpha value is -2.18. The monoisotopic (exact) mass is 303 g/mol. The Kier molecular flexibility index (Phi) is 5.68. The largest absolute Gasteiger partial charge is 0.478 e. The summed E-state index contributed by atoms with van der Waals surface area (Å²) in [7, 11) is 3.59. The van der Waals surface area contributed by atoms with Crippen LogP contribution in [0.4, 0.5) is 0 Å².